The van der Waals surface area contributed by atoms with Gasteiger partial charge in [-0.1, -0.05) is 17.7 Å². The Labute approximate surface area is 146 Å². The van der Waals surface area contributed by atoms with E-state index in [0.29, 0.717) is 22.3 Å². The lowest BCUT2D eigenvalue weighted by molar-refractivity contribution is -0.236. The third kappa shape index (κ3) is 4.83. The molecule has 5 nitrogen and oxygen atoms in total. The summed E-state index contributed by atoms with van der Waals surface area (Å²) in [7, 11) is 0. The first-order chi connectivity index (χ1) is 11.7. The summed E-state index contributed by atoms with van der Waals surface area (Å²) in [5.74, 6) is -1.28. The molecule has 0 atom stereocenters. The van der Waals surface area contributed by atoms with Crippen molar-refractivity contribution in [1.29, 1.82) is 0 Å². The topological polar surface area (TPSA) is 60.5 Å². The van der Waals surface area contributed by atoms with E-state index in [1.807, 2.05) is 0 Å². The Morgan fingerprint density at radius 2 is 2.00 bits per heavy atom. The average Bonchev–Trinajstić information content (AvgIpc) is 2.55. The fourth-order valence-electron chi connectivity index (χ4n) is 1.89. The number of anilines is 2. The molecule has 1 N–H and O–H groups in total. The number of carbonyl (C=O) groups is 1. The highest BCUT2D eigenvalue weighted by molar-refractivity contribution is 6.30. The van der Waals surface area contributed by atoms with Crippen molar-refractivity contribution >= 4 is 29.1 Å². The van der Waals surface area contributed by atoms with Gasteiger partial charge in [0.05, 0.1) is 6.61 Å². The number of benzene rings is 1. The van der Waals surface area contributed by atoms with Crippen LogP contribution in [0.1, 0.15) is 28.5 Å². The number of carbonyl (C=O) groups excluding carboxylic acids is 1. The van der Waals surface area contributed by atoms with Gasteiger partial charge in [-0.15, -0.1) is 0 Å². The minimum absolute atomic E-state index is 0.0932. The summed E-state index contributed by atoms with van der Waals surface area (Å²) in [5, 5.41) is 3.07. The Bertz CT molecular complexity index is 782. The predicted octanol–water partition coefficient (Wildman–Crippen LogP) is 4.91. The number of aromatic nitrogens is 1. The van der Waals surface area contributed by atoms with Gasteiger partial charge < -0.3 is 5.32 Å². The second-order valence-electron chi connectivity index (χ2n) is 4.95. The minimum atomic E-state index is -4.66. The van der Waals surface area contributed by atoms with Gasteiger partial charge in [-0.05, 0) is 43.7 Å². The molecule has 25 heavy (non-hydrogen) atoms. The molecule has 0 unspecified atom stereocenters. The van der Waals surface area contributed by atoms with Crippen molar-refractivity contribution in [2.75, 3.05) is 11.9 Å². The Hall–Kier alpha value is -2.32. The zero-order chi connectivity index (χ0) is 18.6. The van der Waals surface area contributed by atoms with Crippen LogP contribution in [0.3, 0.4) is 0 Å². The Morgan fingerprint density at radius 3 is 2.64 bits per heavy atom. The normalized spacial score (nSPS) is 11.3. The number of rotatable bonds is 5. The van der Waals surface area contributed by atoms with Crippen molar-refractivity contribution in [3.8, 4) is 0 Å². The van der Waals surface area contributed by atoms with Gasteiger partial charge in [0.25, 0.3) is 0 Å². The molecule has 0 fully saturated rings. The maximum atomic E-state index is 12.9. The van der Waals surface area contributed by atoms with E-state index < -0.39 is 17.8 Å². The molecule has 1 heterocycles. The van der Waals surface area contributed by atoms with Crippen LogP contribution < -0.4 is 5.32 Å². The number of alkyl halides is 3. The van der Waals surface area contributed by atoms with Crippen molar-refractivity contribution < 1.29 is 27.7 Å². The van der Waals surface area contributed by atoms with Gasteiger partial charge in [0, 0.05) is 10.7 Å². The summed E-state index contributed by atoms with van der Waals surface area (Å²) >= 11 is 5.91. The highest BCUT2D eigenvalue weighted by atomic mass is 35.5. The van der Waals surface area contributed by atoms with Gasteiger partial charge in [-0.3, -0.25) is 4.89 Å². The number of hydrogen-bond donors (Lipinski definition) is 1. The molecule has 1 aromatic heterocycles. The predicted molar refractivity (Wildman–Crippen MR) is 85.8 cm³/mol. The summed E-state index contributed by atoms with van der Waals surface area (Å²) in [6.45, 7) is 3.41. The quantitative estimate of drug-likeness (QED) is 0.595. The molecular formula is C16H14ClF3N2O3. The largest absolute Gasteiger partial charge is 0.433 e. The summed E-state index contributed by atoms with van der Waals surface area (Å²) in [6, 6.07) is 6.48. The van der Waals surface area contributed by atoms with E-state index in [-0.39, 0.29) is 18.0 Å². The van der Waals surface area contributed by atoms with Crippen LogP contribution in [0.25, 0.3) is 0 Å². The first-order valence-electron chi connectivity index (χ1n) is 7.17. The zero-order valence-electron chi connectivity index (χ0n) is 13.3. The van der Waals surface area contributed by atoms with E-state index in [0.717, 1.165) is 6.07 Å². The summed E-state index contributed by atoms with van der Waals surface area (Å²) < 4.78 is 38.8. The van der Waals surface area contributed by atoms with Gasteiger partial charge in [-0.25, -0.2) is 9.78 Å². The summed E-state index contributed by atoms with van der Waals surface area (Å²) in [4.78, 5) is 24.6. The maximum absolute atomic E-state index is 12.9. The molecular weight excluding hydrogens is 361 g/mol. The van der Waals surface area contributed by atoms with Crippen molar-refractivity contribution in [2.24, 2.45) is 0 Å². The fraction of sp³-hybridized carbons (Fsp3) is 0.250. The lowest BCUT2D eigenvalue weighted by Crippen LogP contribution is -2.14. The lowest BCUT2D eigenvalue weighted by Gasteiger charge is -2.14. The summed E-state index contributed by atoms with van der Waals surface area (Å²) in [6.07, 6.45) is -4.66. The smallest absolute Gasteiger partial charge is 0.339 e. The van der Waals surface area contributed by atoms with Gasteiger partial charge in [0.15, 0.2) is 0 Å². The Kier molecular flexibility index (Phi) is 5.86. The molecule has 0 aliphatic heterocycles. The van der Waals surface area contributed by atoms with Crippen LogP contribution in [-0.4, -0.2) is 17.6 Å². The number of halogens is 4. The molecule has 9 heteroatoms. The van der Waals surface area contributed by atoms with Crippen molar-refractivity contribution in [3.05, 3.63) is 52.2 Å². The van der Waals surface area contributed by atoms with Crippen LogP contribution in [0.5, 0.6) is 0 Å². The van der Waals surface area contributed by atoms with Crippen molar-refractivity contribution in [1.82, 2.24) is 4.98 Å². The molecule has 0 saturated carbocycles. The third-order valence-corrected chi connectivity index (χ3v) is 3.35. The first-order valence-corrected chi connectivity index (χ1v) is 7.55. The number of nitrogens with one attached hydrogen (secondary N) is 1. The molecule has 134 valence electrons. The highest BCUT2D eigenvalue weighted by Crippen LogP contribution is 2.31. The molecule has 0 aliphatic carbocycles. The number of aryl methyl sites for hydroxylation is 1. The van der Waals surface area contributed by atoms with E-state index in [1.54, 1.807) is 26.0 Å². The van der Waals surface area contributed by atoms with Gasteiger partial charge in [0.2, 0.25) is 0 Å². The van der Waals surface area contributed by atoms with E-state index in [2.05, 4.69) is 20.1 Å². The first kappa shape index (κ1) is 19.0. The summed E-state index contributed by atoms with van der Waals surface area (Å²) in [5.41, 5.74) is -0.249. The molecule has 0 aliphatic rings. The maximum Gasteiger partial charge on any atom is 0.433 e. The highest BCUT2D eigenvalue weighted by Gasteiger charge is 2.34. The monoisotopic (exact) mass is 374 g/mol. The molecule has 1 aromatic carbocycles. The van der Waals surface area contributed by atoms with E-state index in [4.69, 9.17) is 11.6 Å². The van der Waals surface area contributed by atoms with Crippen molar-refractivity contribution in [2.45, 2.75) is 20.0 Å². The van der Waals surface area contributed by atoms with E-state index in [9.17, 15) is 18.0 Å². The van der Waals surface area contributed by atoms with Crippen LogP contribution >= 0.6 is 11.6 Å². The molecule has 0 spiro atoms. The third-order valence-electron chi connectivity index (χ3n) is 3.11. The Balaban J connectivity index is 2.47. The molecule has 2 aromatic rings. The molecule has 0 bridgehead atoms. The average molecular weight is 375 g/mol. The standard InChI is InChI=1S/C16H14ClF3N2O3/c1-3-24-25-15(23)11-6-7-13(16(18,19)20)22-14(11)21-12-8-10(17)5-4-9(12)2/h4-8H,3H2,1-2H3,(H,21,22). The van der Waals surface area contributed by atoms with Gasteiger partial charge in [-0.2, -0.15) is 18.1 Å². The number of pyridine rings is 1. The number of nitrogens with zero attached hydrogens (tertiary/aromatic N) is 1. The van der Waals surface area contributed by atoms with E-state index >= 15 is 0 Å². The van der Waals surface area contributed by atoms with Crippen LogP contribution in [0.15, 0.2) is 30.3 Å². The molecule has 0 saturated heterocycles. The van der Waals surface area contributed by atoms with Gasteiger partial charge in [0.1, 0.15) is 17.1 Å². The second-order valence-corrected chi connectivity index (χ2v) is 5.39. The lowest BCUT2D eigenvalue weighted by atomic mass is 10.1. The van der Waals surface area contributed by atoms with Crippen LogP contribution in [-0.2, 0) is 16.0 Å². The molecule has 0 radical (unpaired) electrons. The molecule has 2 rings (SSSR count). The number of hydrogen-bond acceptors (Lipinski definition) is 5. The van der Waals surface area contributed by atoms with Crippen LogP contribution in [0, 0.1) is 6.92 Å². The zero-order valence-corrected chi connectivity index (χ0v) is 14.0. The fourth-order valence-corrected chi connectivity index (χ4v) is 2.06. The minimum Gasteiger partial charge on any atom is -0.339 e. The van der Waals surface area contributed by atoms with Crippen LogP contribution in [0.2, 0.25) is 5.02 Å². The van der Waals surface area contributed by atoms with Gasteiger partial charge >= 0.3 is 12.1 Å². The molecule has 0 amide bonds. The Morgan fingerprint density at radius 1 is 1.28 bits per heavy atom. The SMILES string of the molecule is CCOOC(=O)c1ccc(C(F)(F)F)nc1Nc1cc(Cl)ccc1C. The van der Waals surface area contributed by atoms with Crippen molar-refractivity contribution in [3.63, 3.8) is 0 Å². The van der Waals surface area contributed by atoms with Crippen LogP contribution in [0.4, 0.5) is 24.7 Å². The van der Waals surface area contributed by atoms with E-state index in [1.165, 1.54) is 6.07 Å². The second kappa shape index (κ2) is 7.71.